The molecule has 3 rings (SSSR count). The van der Waals surface area contributed by atoms with E-state index in [4.69, 9.17) is 0 Å². The van der Waals surface area contributed by atoms with Gasteiger partial charge >= 0.3 is 0 Å². The van der Waals surface area contributed by atoms with Gasteiger partial charge < -0.3 is 4.90 Å². The lowest BCUT2D eigenvalue weighted by molar-refractivity contribution is -0.129. The van der Waals surface area contributed by atoms with Crippen molar-refractivity contribution < 1.29 is 17.6 Å². The van der Waals surface area contributed by atoms with Crippen molar-refractivity contribution in [3.63, 3.8) is 0 Å². The third kappa shape index (κ3) is 5.67. The Balaban J connectivity index is 1.49. The van der Waals surface area contributed by atoms with E-state index in [2.05, 4.69) is 0 Å². The number of amides is 1. The van der Waals surface area contributed by atoms with E-state index in [1.807, 2.05) is 30.3 Å². The molecule has 0 atom stereocenters. The Labute approximate surface area is 168 Å². The summed E-state index contributed by atoms with van der Waals surface area (Å²) in [5.41, 5.74) is 0.817. The zero-order valence-corrected chi connectivity index (χ0v) is 16.8. The molecular formula is C20H21FN2O3S2. The van der Waals surface area contributed by atoms with Crippen molar-refractivity contribution in [3.05, 3.63) is 71.4 Å². The van der Waals surface area contributed by atoms with Crippen molar-refractivity contribution in [2.45, 2.75) is 4.90 Å². The lowest BCUT2D eigenvalue weighted by Crippen LogP contribution is -2.50. The molecule has 1 fully saturated rings. The summed E-state index contributed by atoms with van der Waals surface area (Å²) in [7, 11) is -3.52. The summed E-state index contributed by atoms with van der Waals surface area (Å²) in [4.78, 5) is 14.8. The van der Waals surface area contributed by atoms with Crippen LogP contribution in [0.4, 0.5) is 4.39 Å². The maximum absolute atomic E-state index is 12.9. The SMILES string of the molecule is O=C(CSc1ccc(F)cc1)N1CCN(S(=O)(=O)/C=C\c2ccccc2)CC1. The lowest BCUT2D eigenvalue weighted by atomic mass is 10.2. The van der Waals surface area contributed by atoms with E-state index < -0.39 is 10.0 Å². The molecule has 8 heteroatoms. The van der Waals surface area contributed by atoms with Crippen molar-refractivity contribution in [2.24, 2.45) is 0 Å². The normalized spacial score (nSPS) is 15.8. The Morgan fingerprint density at radius 2 is 1.64 bits per heavy atom. The van der Waals surface area contributed by atoms with Crippen LogP contribution in [0.25, 0.3) is 6.08 Å². The molecule has 0 spiro atoms. The monoisotopic (exact) mass is 420 g/mol. The van der Waals surface area contributed by atoms with E-state index >= 15 is 0 Å². The molecule has 0 N–H and O–H groups in total. The zero-order chi connectivity index (χ0) is 20.0. The van der Waals surface area contributed by atoms with E-state index in [1.165, 1.54) is 33.6 Å². The Kier molecular flexibility index (Phi) is 6.88. The number of benzene rings is 2. The maximum atomic E-state index is 12.9. The fourth-order valence-corrected chi connectivity index (χ4v) is 4.75. The number of hydrogen-bond acceptors (Lipinski definition) is 4. The number of nitrogens with zero attached hydrogens (tertiary/aromatic N) is 2. The Morgan fingerprint density at radius 3 is 2.29 bits per heavy atom. The van der Waals surface area contributed by atoms with Crippen LogP contribution in [0.2, 0.25) is 0 Å². The number of thioether (sulfide) groups is 1. The Bertz CT molecular complexity index is 924. The average Bonchev–Trinajstić information content (AvgIpc) is 2.72. The molecule has 1 aliphatic rings. The maximum Gasteiger partial charge on any atom is 0.236 e. The summed E-state index contributed by atoms with van der Waals surface area (Å²) in [6.07, 6.45) is 1.58. The van der Waals surface area contributed by atoms with Crippen molar-refractivity contribution in [2.75, 3.05) is 31.9 Å². The average molecular weight is 421 g/mol. The highest BCUT2D eigenvalue weighted by atomic mass is 32.2. The first-order chi connectivity index (χ1) is 13.4. The standard InChI is InChI=1S/C20H21FN2O3S2/c21-18-6-8-19(9-7-18)27-16-20(24)22-11-13-23(14-12-22)28(25,26)15-10-17-4-2-1-3-5-17/h1-10,15H,11-14,16H2/b15-10-. The number of halogens is 1. The van der Waals surface area contributed by atoms with Crippen molar-refractivity contribution in [1.82, 2.24) is 9.21 Å². The molecule has 148 valence electrons. The molecule has 1 saturated heterocycles. The van der Waals surface area contributed by atoms with Crippen LogP contribution < -0.4 is 0 Å². The molecule has 0 saturated carbocycles. The van der Waals surface area contributed by atoms with Crippen LogP contribution in [-0.4, -0.2) is 55.5 Å². The van der Waals surface area contributed by atoms with Gasteiger partial charge in [-0.05, 0) is 35.9 Å². The fourth-order valence-electron chi connectivity index (χ4n) is 2.77. The first-order valence-electron chi connectivity index (χ1n) is 8.83. The van der Waals surface area contributed by atoms with Crippen LogP contribution in [0.15, 0.2) is 64.9 Å². The third-order valence-electron chi connectivity index (χ3n) is 4.36. The van der Waals surface area contributed by atoms with Crippen LogP contribution in [0, 0.1) is 5.82 Å². The highest BCUT2D eigenvalue weighted by molar-refractivity contribution is 8.00. The third-order valence-corrected chi connectivity index (χ3v) is 6.92. The van der Waals surface area contributed by atoms with Gasteiger partial charge in [-0.15, -0.1) is 11.8 Å². The Morgan fingerprint density at radius 1 is 1.00 bits per heavy atom. The topological polar surface area (TPSA) is 57.7 Å². The minimum Gasteiger partial charge on any atom is -0.339 e. The van der Waals surface area contributed by atoms with E-state index in [0.29, 0.717) is 13.1 Å². The van der Waals surface area contributed by atoms with Gasteiger partial charge in [0.15, 0.2) is 0 Å². The zero-order valence-electron chi connectivity index (χ0n) is 15.2. The van der Waals surface area contributed by atoms with Gasteiger partial charge in [0.05, 0.1) is 5.75 Å². The molecule has 0 bridgehead atoms. The summed E-state index contributed by atoms with van der Waals surface area (Å²) >= 11 is 1.34. The molecule has 5 nitrogen and oxygen atoms in total. The molecule has 0 aromatic heterocycles. The highest BCUT2D eigenvalue weighted by Gasteiger charge is 2.27. The molecule has 1 aliphatic heterocycles. The summed E-state index contributed by atoms with van der Waals surface area (Å²) < 4.78 is 39.3. The molecule has 2 aromatic rings. The second-order valence-corrected chi connectivity index (χ2v) is 9.15. The number of piperazine rings is 1. The van der Waals surface area contributed by atoms with E-state index in [-0.39, 0.29) is 30.6 Å². The van der Waals surface area contributed by atoms with Gasteiger partial charge in [-0.25, -0.2) is 12.8 Å². The predicted molar refractivity (Wildman–Crippen MR) is 110 cm³/mol. The quantitative estimate of drug-likeness (QED) is 0.674. The number of rotatable bonds is 6. The molecule has 28 heavy (non-hydrogen) atoms. The first-order valence-corrected chi connectivity index (χ1v) is 11.3. The van der Waals surface area contributed by atoms with Crippen LogP contribution >= 0.6 is 11.8 Å². The first kappa shape index (κ1) is 20.6. The van der Waals surface area contributed by atoms with Gasteiger partial charge in [-0.1, -0.05) is 30.3 Å². The minimum absolute atomic E-state index is 0.0498. The second-order valence-electron chi connectivity index (χ2n) is 6.28. The second kappa shape index (κ2) is 9.36. The summed E-state index contributed by atoms with van der Waals surface area (Å²) in [5.74, 6) is -0.118. The van der Waals surface area contributed by atoms with Crippen molar-refractivity contribution >= 4 is 33.8 Å². The molecule has 1 amide bonds. The number of carbonyl (C=O) groups is 1. The van der Waals surface area contributed by atoms with Crippen molar-refractivity contribution in [3.8, 4) is 0 Å². The van der Waals surface area contributed by atoms with Crippen LogP contribution in [0.5, 0.6) is 0 Å². The molecule has 1 heterocycles. The summed E-state index contributed by atoms with van der Waals surface area (Å²) in [6, 6.07) is 15.2. The highest BCUT2D eigenvalue weighted by Crippen LogP contribution is 2.19. The largest absolute Gasteiger partial charge is 0.339 e. The number of sulfonamides is 1. The Hall–Kier alpha value is -2.16. The van der Waals surface area contributed by atoms with E-state index in [0.717, 1.165) is 10.5 Å². The van der Waals surface area contributed by atoms with Gasteiger partial charge in [0.25, 0.3) is 0 Å². The number of carbonyl (C=O) groups excluding carboxylic acids is 1. The van der Waals surface area contributed by atoms with E-state index in [1.54, 1.807) is 23.1 Å². The fraction of sp³-hybridized carbons (Fsp3) is 0.250. The summed E-state index contributed by atoms with van der Waals surface area (Å²) in [6.45, 7) is 1.27. The number of hydrogen-bond donors (Lipinski definition) is 0. The van der Waals surface area contributed by atoms with Crippen LogP contribution in [0.3, 0.4) is 0 Å². The van der Waals surface area contributed by atoms with Crippen molar-refractivity contribution in [1.29, 1.82) is 0 Å². The molecule has 0 radical (unpaired) electrons. The van der Waals surface area contributed by atoms with Gasteiger partial charge in [0, 0.05) is 36.5 Å². The van der Waals surface area contributed by atoms with Crippen LogP contribution in [-0.2, 0) is 14.8 Å². The smallest absolute Gasteiger partial charge is 0.236 e. The molecule has 0 aliphatic carbocycles. The lowest BCUT2D eigenvalue weighted by Gasteiger charge is -2.33. The molecule has 0 unspecified atom stereocenters. The molecule has 2 aromatic carbocycles. The molecular weight excluding hydrogens is 399 g/mol. The van der Waals surface area contributed by atoms with E-state index in [9.17, 15) is 17.6 Å². The van der Waals surface area contributed by atoms with Crippen LogP contribution in [0.1, 0.15) is 5.56 Å². The van der Waals surface area contributed by atoms with Gasteiger partial charge in [0.1, 0.15) is 5.82 Å². The summed E-state index contributed by atoms with van der Waals surface area (Å²) in [5, 5.41) is 1.21. The van der Waals surface area contributed by atoms with Gasteiger partial charge in [-0.2, -0.15) is 4.31 Å². The van der Waals surface area contributed by atoms with Gasteiger partial charge in [0.2, 0.25) is 15.9 Å². The predicted octanol–water partition coefficient (Wildman–Crippen LogP) is 3.06. The minimum atomic E-state index is -3.52. The van der Waals surface area contributed by atoms with Gasteiger partial charge in [-0.3, -0.25) is 4.79 Å².